The van der Waals surface area contributed by atoms with Gasteiger partial charge in [0.25, 0.3) is 10.2 Å². The van der Waals surface area contributed by atoms with Crippen LogP contribution in [0.1, 0.15) is 19.3 Å². The zero-order valence-electron chi connectivity index (χ0n) is 11.5. The van der Waals surface area contributed by atoms with E-state index in [9.17, 15) is 8.42 Å². The molecule has 2 rings (SSSR count). The molecule has 112 valence electrons. The lowest BCUT2D eigenvalue weighted by molar-refractivity contribution is 0.0263. The summed E-state index contributed by atoms with van der Waals surface area (Å²) in [6, 6.07) is 0.674. The molecule has 19 heavy (non-hydrogen) atoms. The lowest BCUT2D eigenvalue weighted by Gasteiger charge is -2.29. The van der Waals surface area contributed by atoms with Crippen molar-refractivity contribution < 1.29 is 13.2 Å². The number of morpholine rings is 1. The third-order valence-electron chi connectivity index (χ3n) is 3.33. The molecule has 8 heteroatoms. The van der Waals surface area contributed by atoms with E-state index < -0.39 is 10.2 Å². The van der Waals surface area contributed by atoms with Crippen LogP contribution in [0, 0.1) is 0 Å². The Bertz CT molecular complexity index is 366. The Morgan fingerprint density at radius 3 is 2.63 bits per heavy atom. The summed E-state index contributed by atoms with van der Waals surface area (Å²) in [6.45, 7) is 3.73. The van der Waals surface area contributed by atoms with Crippen LogP contribution in [0.15, 0.2) is 0 Å². The molecule has 2 fully saturated rings. The normalized spacial score (nSPS) is 22.0. The van der Waals surface area contributed by atoms with Gasteiger partial charge in [0, 0.05) is 32.7 Å². The van der Waals surface area contributed by atoms with Crippen molar-refractivity contribution in [1.29, 1.82) is 0 Å². The van der Waals surface area contributed by atoms with Crippen LogP contribution in [-0.4, -0.2) is 70.2 Å². The minimum Gasteiger partial charge on any atom is -0.379 e. The van der Waals surface area contributed by atoms with Gasteiger partial charge < -0.3 is 10.1 Å². The van der Waals surface area contributed by atoms with Gasteiger partial charge in [0.15, 0.2) is 0 Å². The van der Waals surface area contributed by atoms with Crippen LogP contribution in [0.5, 0.6) is 0 Å². The van der Waals surface area contributed by atoms with Crippen molar-refractivity contribution >= 4 is 10.2 Å². The molecule has 0 bridgehead atoms. The van der Waals surface area contributed by atoms with Crippen LogP contribution < -0.4 is 10.1 Å². The van der Waals surface area contributed by atoms with Crippen molar-refractivity contribution in [2.24, 2.45) is 0 Å². The fourth-order valence-electron chi connectivity index (χ4n) is 1.90. The summed E-state index contributed by atoms with van der Waals surface area (Å²) in [5.41, 5.74) is 0. The van der Waals surface area contributed by atoms with Gasteiger partial charge in [-0.05, 0) is 25.8 Å². The Morgan fingerprint density at radius 1 is 1.32 bits per heavy atom. The topological polar surface area (TPSA) is 73.9 Å². The SMILES string of the molecule is CN(CCCNC1CC1)S(=O)(=O)NN1CCOCC1. The third-order valence-corrected chi connectivity index (χ3v) is 4.82. The predicted molar refractivity (Wildman–Crippen MR) is 72.7 cm³/mol. The number of ether oxygens (including phenoxy) is 1. The smallest absolute Gasteiger partial charge is 0.292 e. The maximum absolute atomic E-state index is 12.1. The zero-order chi connectivity index (χ0) is 13.7. The van der Waals surface area contributed by atoms with Gasteiger partial charge in [0.1, 0.15) is 0 Å². The van der Waals surface area contributed by atoms with Gasteiger partial charge in [0.2, 0.25) is 0 Å². The molecular weight excluding hydrogens is 268 g/mol. The summed E-state index contributed by atoms with van der Waals surface area (Å²) in [4.78, 5) is 2.59. The first-order valence-corrected chi connectivity index (χ1v) is 8.32. The molecule has 1 heterocycles. The van der Waals surface area contributed by atoms with E-state index >= 15 is 0 Å². The highest BCUT2D eigenvalue weighted by atomic mass is 32.2. The van der Waals surface area contributed by atoms with Crippen LogP contribution in [-0.2, 0) is 14.9 Å². The van der Waals surface area contributed by atoms with Crippen molar-refractivity contribution in [2.45, 2.75) is 25.3 Å². The van der Waals surface area contributed by atoms with E-state index in [1.54, 1.807) is 12.1 Å². The molecule has 1 saturated heterocycles. The second-order valence-electron chi connectivity index (χ2n) is 5.10. The van der Waals surface area contributed by atoms with Gasteiger partial charge in [-0.1, -0.05) is 0 Å². The lowest BCUT2D eigenvalue weighted by Crippen LogP contribution is -2.52. The van der Waals surface area contributed by atoms with Crippen LogP contribution in [0.3, 0.4) is 0 Å². The Morgan fingerprint density at radius 2 is 2.00 bits per heavy atom. The number of hydrogen-bond acceptors (Lipinski definition) is 5. The number of hydrogen-bond donors (Lipinski definition) is 2. The van der Waals surface area contributed by atoms with Crippen LogP contribution in [0.4, 0.5) is 0 Å². The highest BCUT2D eigenvalue weighted by Crippen LogP contribution is 2.18. The molecule has 0 atom stereocenters. The van der Waals surface area contributed by atoms with Gasteiger partial charge in [0.05, 0.1) is 13.2 Å². The van der Waals surface area contributed by atoms with Gasteiger partial charge in [-0.25, -0.2) is 5.01 Å². The predicted octanol–water partition coefficient (Wildman–Crippen LogP) is -0.858. The first kappa shape index (κ1) is 15.1. The highest BCUT2D eigenvalue weighted by Gasteiger charge is 2.23. The van der Waals surface area contributed by atoms with Crippen molar-refractivity contribution in [3.8, 4) is 0 Å². The number of nitrogens with one attached hydrogen (secondary N) is 2. The van der Waals surface area contributed by atoms with E-state index in [4.69, 9.17) is 4.74 Å². The van der Waals surface area contributed by atoms with Gasteiger partial charge >= 0.3 is 0 Å². The van der Waals surface area contributed by atoms with Crippen LogP contribution in [0.2, 0.25) is 0 Å². The zero-order valence-corrected chi connectivity index (χ0v) is 12.3. The molecule has 1 saturated carbocycles. The average Bonchev–Trinajstić information content (AvgIpc) is 3.19. The van der Waals surface area contributed by atoms with E-state index in [0.717, 1.165) is 13.0 Å². The van der Waals surface area contributed by atoms with Crippen molar-refractivity contribution in [1.82, 2.24) is 19.5 Å². The second kappa shape index (κ2) is 6.96. The lowest BCUT2D eigenvalue weighted by atomic mass is 10.4. The summed E-state index contributed by atoms with van der Waals surface area (Å²) in [5.74, 6) is 0. The minimum absolute atomic E-state index is 0.527. The van der Waals surface area contributed by atoms with E-state index in [2.05, 4.69) is 10.1 Å². The molecule has 7 nitrogen and oxygen atoms in total. The number of rotatable bonds is 8. The third kappa shape index (κ3) is 5.33. The summed E-state index contributed by atoms with van der Waals surface area (Å²) in [6.07, 6.45) is 3.34. The maximum Gasteiger partial charge on any atom is 0.292 e. The molecule has 2 aliphatic rings. The Labute approximate surface area is 115 Å². The first-order chi connectivity index (χ1) is 9.08. The first-order valence-electron chi connectivity index (χ1n) is 6.88. The summed E-state index contributed by atoms with van der Waals surface area (Å²) < 4.78 is 30.7. The van der Waals surface area contributed by atoms with Gasteiger partial charge in [-0.2, -0.15) is 12.7 Å². The number of nitrogens with zero attached hydrogens (tertiary/aromatic N) is 2. The van der Waals surface area contributed by atoms with Crippen LogP contribution >= 0.6 is 0 Å². The monoisotopic (exact) mass is 292 g/mol. The van der Waals surface area contributed by atoms with Crippen molar-refractivity contribution in [3.63, 3.8) is 0 Å². The van der Waals surface area contributed by atoms with E-state index in [1.807, 2.05) is 0 Å². The molecule has 1 aliphatic carbocycles. The Kier molecular flexibility index (Phi) is 5.55. The highest BCUT2D eigenvalue weighted by molar-refractivity contribution is 7.87. The molecule has 0 aromatic heterocycles. The van der Waals surface area contributed by atoms with Crippen molar-refractivity contribution in [3.05, 3.63) is 0 Å². The van der Waals surface area contributed by atoms with Gasteiger partial charge in [-0.3, -0.25) is 0 Å². The minimum atomic E-state index is -3.42. The second-order valence-corrected chi connectivity index (χ2v) is 6.86. The molecule has 0 amide bonds. The van der Waals surface area contributed by atoms with E-state index in [-0.39, 0.29) is 0 Å². The average molecular weight is 292 g/mol. The molecule has 0 aromatic carbocycles. The summed E-state index contributed by atoms with van der Waals surface area (Å²) >= 11 is 0. The Balaban J connectivity index is 1.67. The molecule has 0 unspecified atom stereocenters. The molecule has 1 aliphatic heterocycles. The van der Waals surface area contributed by atoms with Crippen molar-refractivity contribution in [2.75, 3.05) is 46.4 Å². The maximum atomic E-state index is 12.1. The molecule has 0 spiro atoms. The molecule has 0 aromatic rings. The molecule has 0 radical (unpaired) electrons. The summed E-state index contributed by atoms with van der Waals surface area (Å²) in [7, 11) is -1.81. The standard InChI is InChI=1S/C11H24N4O3S/c1-14(6-2-5-12-11-3-4-11)19(16,17)13-15-7-9-18-10-8-15/h11-13H,2-10H2,1H3. The summed E-state index contributed by atoms with van der Waals surface area (Å²) in [5, 5.41) is 5.07. The number of hydrazine groups is 1. The fourth-order valence-corrected chi connectivity index (χ4v) is 2.92. The quantitative estimate of drug-likeness (QED) is 0.570. The Hall–Kier alpha value is -0.250. The van der Waals surface area contributed by atoms with Gasteiger partial charge in [-0.15, -0.1) is 4.83 Å². The van der Waals surface area contributed by atoms with Crippen LogP contribution in [0.25, 0.3) is 0 Å². The largest absolute Gasteiger partial charge is 0.379 e. The molecular formula is C11H24N4O3S. The van der Waals surface area contributed by atoms with E-state index in [1.165, 1.54) is 17.1 Å². The fraction of sp³-hybridized carbons (Fsp3) is 1.00. The molecule has 2 N–H and O–H groups in total. The van der Waals surface area contributed by atoms with E-state index in [0.29, 0.717) is 38.9 Å².